The molecule has 1 fully saturated rings. The monoisotopic (exact) mass is 348 g/mol. The van der Waals surface area contributed by atoms with Gasteiger partial charge in [-0.05, 0) is 35.7 Å². The van der Waals surface area contributed by atoms with Crippen LogP contribution in [-0.4, -0.2) is 10.9 Å². The third-order valence-electron chi connectivity index (χ3n) is 4.53. The Kier molecular flexibility index (Phi) is 4.69. The van der Waals surface area contributed by atoms with Crippen molar-refractivity contribution in [1.29, 1.82) is 0 Å². The molecule has 1 N–H and O–H groups in total. The lowest BCUT2D eigenvalue weighted by molar-refractivity contribution is -0.122. The van der Waals surface area contributed by atoms with Crippen LogP contribution in [0.5, 0.6) is 5.88 Å². The van der Waals surface area contributed by atoms with Crippen LogP contribution < -0.4 is 10.1 Å². The van der Waals surface area contributed by atoms with E-state index in [1.807, 2.05) is 54.6 Å². The number of nitrogens with one attached hydrogen (secondary N) is 1. The van der Waals surface area contributed by atoms with Crippen molar-refractivity contribution < 1.29 is 13.9 Å². The van der Waals surface area contributed by atoms with Gasteiger partial charge in [-0.2, -0.15) is 0 Å². The zero-order valence-electron chi connectivity index (χ0n) is 14.3. The van der Waals surface area contributed by atoms with Gasteiger partial charge in [0.1, 0.15) is 12.4 Å². The molecule has 1 aromatic carbocycles. The molecule has 1 aliphatic rings. The molecule has 0 unspecified atom stereocenters. The van der Waals surface area contributed by atoms with E-state index < -0.39 is 0 Å². The average molecular weight is 348 g/mol. The second-order valence-corrected chi connectivity index (χ2v) is 6.46. The number of carbonyl (C=O) groups excluding carboxylic acids is 1. The van der Waals surface area contributed by atoms with Gasteiger partial charge in [0.05, 0.1) is 6.26 Å². The minimum Gasteiger partial charge on any atom is -0.473 e. The molecule has 1 aliphatic carbocycles. The standard InChI is InChI=1S/C21H20N2O3/c24-21(18-12-17(18)19-7-4-10-25-19)23-13-16-8-9-22-20(11-16)26-14-15-5-2-1-3-6-15/h1-11,17-18H,12-14H2,(H,23,24)/t17-,18+/m0/s1. The molecule has 2 atom stereocenters. The van der Waals surface area contributed by atoms with E-state index in [4.69, 9.17) is 9.15 Å². The minimum atomic E-state index is 0.0109. The summed E-state index contributed by atoms with van der Waals surface area (Å²) in [4.78, 5) is 16.5. The first kappa shape index (κ1) is 16.4. The molecule has 0 aliphatic heterocycles. The Hall–Kier alpha value is -3.08. The quantitative estimate of drug-likeness (QED) is 0.707. The lowest BCUT2D eigenvalue weighted by Gasteiger charge is -2.08. The average Bonchev–Trinajstić information content (AvgIpc) is 3.30. The Morgan fingerprint density at radius 2 is 2.04 bits per heavy atom. The zero-order valence-corrected chi connectivity index (χ0v) is 14.3. The summed E-state index contributed by atoms with van der Waals surface area (Å²) in [5, 5.41) is 2.99. The first-order valence-electron chi connectivity index (χ1n) is 8.72. The molecule has 0 radical (unpaired) electrons. The highest BCUT2D eigenvalue weighted by Gasteiger charge is 2.45. The highest BCUT2D eigenvalue weighted by atomic mass is 16.5. The van der Waals surface area contributed by atoms with Crippen molar-refractivity contribution in [3.63, 3.8) is 0 Å². The molecular formula is C21H20N2O3. The second-order valence-electron chi connectivity index (χ2n) is 6.46. The van der Waals surface area contributed by atoms with Crippen molar-refractivity contribution in [3.05, 3.63) is 83.9 Å². The maximum Gasteiger partial charge on any atom is 0.224 e. The number of hydrogen-bond acceptors (Lipinski definition) is 4. The summed E-state index contributed by atoms with van der Waals surface area (Å²) in [5.74, 6) is 1.74. The number of rotatable bonds is 7. The number of amides is 1. The molecule has 0 bridgehead atoms. The van der Waals surface area contributed by atoms with Crippen molar-refractivity contribution in [3.8, 4) is 5.88 Å². The van der Waals surface area contributed by atoms with Crippen LogP contribution in [0, 0.1) is 5.92 Å². The third-order valence-corrected chi connectivity index (χ3v) is 4.53. The van der Waals surface area contributed by atoms with Gasteiger partial charge in [-0.15, -0.1) is 0 Å². The molecule has 4 rings (SSSR count). The summed E-state index contributed by atoms with van der Waals surface area (Å²) in [6.07, 6.45) is 4.20. The topological polar surface area (TPSA) is 64.4 Å². The second kappa shape index (κ2) is 7.44. The molecule has 0 spiro atoms. The number of aromatic nitrogens is 1. The van der Waals surface area contributed by atoms with E-state index in [1.54, 1.807) is 12.5 Å². The summed E-state index contributed by atoms with van der Waals surface area (Å²) in [7, 11) is 0. The Morgan fingerprint density at radius 1 is 1.15 bits per heavy atom. The Balaban J connectivity index is 1.28. The van der Waals surface area contributed by atoms with Gasteiger partial charge in [0, 0.05) is 30.6 Å². The fourth-order valence-corrected chi connectivity index (χ4v) is 2.99. The molecule has 132 valence electrons. The molecule has 5 heteroatoms. The number of benzene rings is 1. The predicted molar refractivity (Wildman–Crippen MR) is 96.4 cm³/mol. The van der Waals surface area contributed by atoms with Gasteiger partial charge in [-0.25, -0.2) is 4.98 Å². The van der Waals surface area contributed by atoms with Crippen LogP contribution in [0.1, 0.15) is 29.2 Å². The van der Waals surface area contributed by atoms with Gasteiger partial charge in [0.25, 0.3) is 0 Å². The molecule has 26 heavy (non-hydrogen) atoms. The molecule has 1 saturated carbocycles. The van der Waals surface area contributed by atoms with Gasteiger partial charge in [-0.3, -0.25) is 4.79 Å². The number of ether oxygens (including phenoxy) is 1. The predicted octanol–water partition coefficient (Wildman–Crippen LogP) is 3.67. The summed E-state index contributed by atoms with van der Waals surface area (Å²) < 4.78 is 11.1. The van der Waals surface area contributed by atoms with E-state index in [0.717, 1.165) is 23.3 Å². The highest BCUT2D eigenvalue weighted by molar-refractivity contribution is 5.82. The van der Waals surface area contributed by atoms with Crippen molar-refractivity contribution in [1.82, 2.24) is 10.3 Å². The summed E-state index contributed by atoms with van der Waals surface area (Å²) >= 11 is 0. The van der Waals surface area contributed by atoms with Gasteiger partial charge in [0.15, 0.2) is 0 Å². The molecule has 1 amide bonds. The van der Waals surface area contributed by atoms with E-state index >= 15 is 0 Å². The summed E-state index contributed by atoms with van der Waals surface area (Å²) in [5.41, 5.74) is 2.05. The highest BCUT2D eigenvalue weighted by Crippen LogP contribution is 2.47. The first-order chi connectivity index (χ1) is 12.8. The largest absolute Gasteiger partial charge is 0.473 e. The van der Waals surface area contributed by atoms with Gasteiger partial charge < -0.3 is 14.5 Å². The van der Waals surface area contributed by atoms with Crippen LogP contribution in [0.2, 0.25) is 0 Å². The molecular weight excluding hydrogens is 328 g/mol. The lowest BCUT2D eigenvalue weighted by Crippen LogP contribution is -2.24. The maximum absolute atomic E-state index is 12.3. The third kappa shape index (κ3) is 3.94. The summed E-state index contributed by atoms with van der Waals surface area (Å²) in [6.45, 7) is 0.932. The molecule has 0 saturated heterocycles. The number of carbonyl (C=O) groups is 1. The molecule has 5 nitrogen and oxygen atoms in total. The van der Waals surface area contributed by atoms with Gasteiger partial charge in [0.2, 0.25) is 11.8 Å². The van der Waals surface area contributed by atoms with E-state index in [-0.39, 0.29) is 17.7 Å². The molecule has 2 heterocycles. The van der Waals surface area contributed by atoms with Crippen molar-refractivity contribution in [2.24, 2.45) is 5.92 Å². The molecule has 2 aromatic heterocycles. The van der Waals surface area contributed by atoms with Crippen LogP contribution in [0.3, 0.4) is 0 Å². The zero-order chi connectivity index (χ0) is 17.8. The van der Waals surface area contributed by atoms with Gasteiger partial charge >= 0.3 is 0 Å². The number of furan rings is 1. The first-order valence-corrected chi connectivity index (χ1v) is 8.72. The van der Waals surface area contributed by atoms with E-state index in [1.165, 1.54) is 0 Å². The minimum absolute atomic E-state index is 0.0109. The van der Waals surface area contributed by atoms with Gasteiger partial charge in [-0.1, -0.05) is 30.3 Å². The Bertz CT molecular complexity index is 862. The number of hydrogen-bond donors (Lipinski definition) is 1. The van der Waals surface area contributed by atoms with Crippen molar-refractivity contribution >= 4 is 5.91 Å². The van der Waals surface area contributed by atoms with Crippen molar-refractivity contribution in [2.75, 3.05) is 0 Å². The SMILES string of the molecule is O=C(NCc1ccnc(OCc2ccccc2)c1)[C@@H]1C[C@@H]1c1ccco1. The number of nitrogens with zero attached hydrogens (tertiary/aromatic N) is 1. The van der Waals surface area contributed by atoms with E-state index in [9.17, 15) is 4.79 Å². The van der Waals surface area contributed by atoms with Crippen molar-refractivity contribution in [2.45, 2.75) is 25.5 Å². The fourth-order valence-electron chi connectivity index (χ4n) is 2.99. The Morgan fingerprint density at radius 3 is 2.85 bits per heavy atom. The van der Waals surface area contributed by atoms with E-state index in [2.05, 4.69) is 10.3 Å². The number of pyridine rings is 1. The molecule has 3 aromatic rings. The van der Waals surface area contributed by atoms with Crippen LogP contribution in [0.15, 0.2) is 71.5 Å². The fraction of sp³-hybridized carbons (Fsp3) is 0.238. The lowest BCUT2D eigenvalue weighted by atomic mass is 10.2. The smallest absolute Gasteiger partial charge is 0.224 e. The Labute approximate surface area is 152 Å². The van der Waals surface area contributed by atoms with Crippen LogP contribution in [0.4, 0.5) is 0 Å². The van der Waals surface area contributed by atoms with Crippen LogP contribution in [0.25, 0.3) is 0 Å². The normalized spacial score (nSPS) is 18.3. The van der Waals surface area contributed by atoms with Crippen LogP contribution in [-0.2, 0) is 17.9 Å². The maximum atomic E-state index is 12.3. The van der Waals surface area contributed by atoms with Crippen LogP contribution >= 0.6 is 0 Å². The summed E-state index contributed by atoms with van der Waals surface area (Å²) in [6, 6.07) is 17.5. The van der Waals surface area contributed by atoms with E-state index in [0.29, 0.717) is 19.0 Å².